The Labute approximate surface area is 179 Å². The van der Waals surface area contributed by atoms with Crippen molar-refractivity contribution in [3.05, 3.63) is 58.9 Å². The summed E-state index contributed by atoms with van der Waals surface area (Å²) < 4.78 is 44.8. The number of carbonyl (C=O) groups excluding carboxylic acids is 1. The van der Waals surface area contributed by atoms with Crippen LogP contribution in [0, 0.1) is 5.82 Å². The molecule has 3 N–H and O–H groups in total. The Balaban J connectivity index is 1.88. The fourth-order valence-corrected chi connectivity index (χ4v) is 4.61. The molecule has 1 amide bonds. The molecule has 9 heteroatoms. The van der Waals surface area contributed by atoms with Crippen LogP contribution in [0.4, 0.5) is 4.39 Å². The van der Waals surface area contributed by atoms with E-state index in [1.54, 1.807) is 6.07 Å². The third-order valence-electron chi connectivity index (χ3n) is 5.48. The number of halogens is 1. The third-order valence-corrected chi connectivity index (χ3v) is 6.73. The second kappa shape index (κ2) is 8.07. The number of amides is 1. The first-order valence-corrected chi connectivity index (χ1v) is 11.7. The molecule has 0 radical (unpaired) electrons. The Hall–Kier alpha value is -2.75. The molecule has 0 aliphatic heterocycles. The number of sulfonamides is 1. The summed E-state index contributed by atoms with van der Waals surface area (Å²) in [5.74, 6) is -0.564. The molecule has 164 valence electrons. The minimum atomic E-state index is -3.53. The maximum Gasteiger partial charge on any atom is 0.253 e. The summed E-state index contributed by atoms with van der Waals surface area (Å²) in [5, 5.41) is 9.83. The Morgan fingerprint density at radius 1 is 1.26 bits per heavy atom. The summed E-state index contributed by atoms with van der Waals surface area (Å²) in [6.45, 7) is -0.235. The molecule has 0 spiro atoms. The molecule has 1 aliphatic carbocycles. The van der Waals surface area contributed by atoms with E-state index in [-0.39, 0.29) is 36.9 Å². The zero-order valence-electron chi connectivity index (χ0n) is 17.0. The van der Waals surface area contributed by atoms with Gasteiger partial charge in [0.15, 0.2) is 0 Å². The number of fused-ring (bicyclic) bond motifs is 1. The van der Waals surface area contributed by atoms with Crippen molar-refractivity contribution < 1.29 is 27.1 Å². The summed E-state index contributed by atoms with van der Waals surface area (Å²) >= 11 is 0. The topological polar surface area (TPSA) is 114 Å². The van der Waals surface area contributed by atoms with Crippen LogP contribution in [0.25, 0.3) is 22.3 Å². The van der Waals surface area contributed by atoms with Crippen molar-refractivity contribution in [3.8, 4) is 11.3 Å². The van der Waals surface area contributed by atoms with Crippen LogP contribution in [0.2, 0.25) is 0 Å². The number of aliphatic hydroxyl groups is 1. The summed E-state index contributed by atoms with van der Waals surface area (Å²) in [5.41, 5.74) is 8.47. The summed E-state index contributed by atoms with van der Waals surface area (Å²) in [4.78, 5) is 12.3. The molecule has 4 rings (SSSR count). The maximum absolute atomic E-state index is 13.4. The Morgan fingerprint density at radius 2 is 1.94 bits per heavy atom. The summed E-state index contributed by atoms with van der Waals surface area (Å²) in [6.07, 6.45) is 3.03. The Kier molecular flexibility index (Phi) is 5.59. The van der Waals surface area contributed by atoms with Gasteiger partial charge in [0.1, 0.15) is 17.2 Å². The van der Waals surface area contributed by atoms with Gasteiger partial charge in [0, 0.05) is 24.0 Å². The van der Waals surface area contributed by atoms with E-state index in [9.17, 15) is 22.7 Å². The van der Waals surface area contributed by atoms with E-state index in [0.717, 1.165) is 30.2 Å². The largest absolute Gasteiger partial charge is 0.455 e. The van der Waals surface area contributed by atoms with Crippen LogP contribution in [0.15, 0.2) is 40.8 Å². The van der Waals surface area contributed by atoms with E-state index in [0.29, 0.717) is 16.5 Å². The number of hydrogen-bond acceptors (Lipinski definition) is 5. The highest BCUT2D eigenvalue weighted by Crippen LogP contribution is 2.45. The predicted octanol–water partition coefficient (Wildman–Crippen LogP) is 2.97. The van der Waals surface area contributed by atoms with Gasteiger partial charge >= 0.3 is 0 Å². The standard InChI is InChI=1S/C22H23FN2O5S/c1-31(28,29)25(8-9-26)12-15-10-19-18(11-17(15)13-2-3-13)20(22(24)27)21(30-19)14-4-6-16(23)7-5-14/h4-7,10-11,13,26H,2-3,8-9,12H2,1H3,(H2,24,27). The number of benzene rings is 2. The van der Waals surface area contributed by atoms with Crippen molar-refractivity contribution >= 4 is 26.9 Å². The highest BCUT2D eigenvalue weighted by Gasteiger charge is 2.30. The van der Waals surface area contributed by atoms with Crippen molar-refractivity contribution in [2.75, 3.05) is 19.4 Å². The number of hydrogen-bond donors (Lipinski definition) is 2. The first kappa shape index (κ1) is 21.5. The molecule has 0 atom stereocenters. The van der Waals surface area contributed by atoms with Gasteiger partial charge in [-0.15, -0.1) is 0 Å². The number of carbonyl (C=O) groups is 1. The van der Waals surface area contributed by atoms with Gasteiger partial charge in [-0.1, -0.05) is 0 Å². The zero-order chi connectivity index (χ0) is 22.3. The van der Waals surface area contributed by atoms with E-state index in [1.165, 1.54) is 28.6 Å². The van der Waals surface area contributed by atoms with Gasteiger partial charge in [-0.2, -0.15) is 4.31 Å². The van der Waals surface area contributed by atoms with E-state index >= 15 is 0 Å². The van der Waals surface area contributed by atoms with Crippen LogP contribution >= 0.6 is 0 Å². The highest BCUT2D eigenvalue weighted by atomic mass is 32.2. The maximum atomic E-state index is 13.4. The second-order valence-electron chi connectivity index (χ2n) is 7.82. The summed E-state index contributed by atoms with van der Waals surface area (Å²) in [6, 6.07) is 9.14. The van der Waals surface area contributed by atoms with Gasteiger partial charge in [0.05, 0.1) is 18.4 Å². The number of furan rings is 1. The van der Waals surface area contributed by atoms with Crippen molar-refractivity contribution in [2.24, 2.45) is 5.73 Å². The fraction of sp³-hybridized carbons (Fsp3) is 0.318. The third kappa shape index (κ3) is 4.34. The average Bonchev–Trinajstić information content (AvgIpc) is 3.47. The van der Waals surface area contributed by atoms with Crippen molar-refractivity contribution in [1.29, 1.82) is 0 Å². The smallest absolute Gasteiger partial charge is 0.253 e. The minimum absolute atomic E-state index is 0.0213. The van der Waals surface area contributed by atoms with Crippen molar-refractivity contribution in [2.45, 2.75) is 25.3 Å². The molecule has 1 fully saturated rings. The number of primary amides is 1. The molecular weight excluding hydrogens is 423 g/mol. The molecule has 31 heavy (non-hydrogen) atoms. The van der Waals surface area contributed by atoms with E-state index in [4.69, 9.17) is 10.2 Å². The molecule has 0 unspecified atom stereocenters. The first-order chi connectivity index (χ1) is 14.7. The number of nitrogens with two attached hydrogens (primary N) is 1. The average molecular weight is 447 g/mol. The van der Waals surface area contributed by atoms with Crippen LogP contribution in [-0.2, 0) is 16.6 Å². The van der Waals surface area contributed by atoms with E-state index in [2.05, 4.69) is 0 Å². The lowest BCUT2D eigenvalue weighted by molar-refractivity contribution is 0.100. The van der Waals surface area contributed by atoms with Gasteiger partial charge in [-0.25, -0.2) is 12.8 Å². The van der Waals surface area contributed by atoms with E-state index in [1.807, 2.05) is 6.07 Å². The van der Waals surface area contributed by atoms with E-state index < -0.39 is 21.7 Å². The van der Waals surface area contributed by atoms with Gasteiger partial charge in [0.25, 0.3) is 5.91 Å². The van der Waals surface area contributed by atoms with Crippen LogP contribution in [0.5, 0.6) is 0 Å². The summed E-state index contributed by atoms with van der Waals surface area (Å²) in [7, 11) is -3.53. The Bertz CT molecular complexity index is 1250. The van der Waals surface area contributed by atoms with Crippen LogP contribution in [-0.4, -0.2) is 43.1 Å². The van der Waals surface area contributed by atoms with Gasteiger partial charge in [-0.3, -0.25) is 4.79 Å². The number of nitrogens with zero attached hydrogens (tertiary/aromatic N) is 1. The van der Waals surface area contributed by atoms with Gasteiger partial charge < -0.3 is 15.3 Å². The number of aliphatic hydroxyl groups excluding tert-OH is 1. The quantitative estimate of drug-likeness (QED) is 0.552. The lowest BCUT2D eigenvalue weighted by Crippen LogP contribution is -2.32. The fourth-order valence-electron chi connectivity index (χ4n) is 3.83. The first-order valence-electron chi connectivity index (χ1n) is 9.90. The van der Waals surface area contributed by atoms with Crippen molar-refractivity contribution in [1.82, 2.24) is 4.31 Å². The molecule has 3 aromatic rings. The molecule has 1 aromatic heterocycles. The van der Waals surface area contributed by atoms with Crippen LogP contribution in [0.3, 0.4) is 0 Å². The lowest BCUT2D eigenvalue weighted by atomic mass is 9.97. The van der Waals surface area contributed by atoms with Crippen LogP contribution in [0.1, 0.15) is 40.2 Å². The normalized spacial score (nSPS) is 14.5. The Morgan fingerprint density at radius 3 is 2.48 bits per heavy atom. The molecule has 7 nitrogen and oxygen atoms in total. The molecule has 0 saturated heterocycles. The van der Waals surface area contributed by atoms with Crippen molar-refractivity contribution in [3.63, 3.8) is 0 Å². The second-order valence-corrected chi connectivity index (χ2v) is 9.80. The molecule has 0 bridgehead atoms. The SMILES string of the molecule is CS(=O)(=O)N(CCO)Cc1cc2oc(-c3ccc(F)cc3)c(C(N)=O)c2cc1C1CC1. The molecular formula is C22H23FN2O5S. The number of rotatable bonds is 8. The predicted molar refractivity (Wildman–Crippen MR) is 114 cm³/mol. The molecule has 1 aliphatic rings. The minimum Gasteiger partial charge on any atom is -0.455 e. The monoisotopic (exact) mass is 446 g/mol. The highest BCUT2D eigenvalue weighted by molar-refractivity contribution is 7.88. The van der Waals surface area contributed by atoms with Gasteiger partial charge in [0.2, 0.25) is 10.0 Å². The zero-order valence-corrected chi connectivity index (χ0v) is 17.8. The van der Waals surface area contributed by atoms with Crippen LogP contribution < -0.4 is 5.73 Å². The molecule has 1 heterocycles. The lowest BCUT2D eigenvalue weighted by Gasteiger charge is -2.20. The molecule has 2 aromatic carbocycles. The molecule has 1 saturated carbocycles. The van der Waals surface area contributed by atoms with Gasteiger partial charge in [-0.05, 0) is 66.3 Å².